The summed E-state index contributed by atoms with van der Waals surface area (Å²) in [5.74, 6) is -2.75. The minimum atomic E-state index is -0.874. The van der Waals surface area contributed by atoms with E-state index in [0.717, 1.165) is 25.0 Å². The first kappa shape index (κ1) is 19.5. The number of nitrogens with zero attached hydrogens (tertiary/aromatic N) is 2. The summed E-state index contributed by atoms with van der Waals surface area (Å²) in [5, 5.41) is 2.20. The molecule has 2 rings (SSSR count). The molecule has 26 heavy (non-hydrogen) atoms. The maximum Gasteiger partial charge on any atom is 0.272 e. The van der Waals surface area contributed by atoms with Gasteiger partial charge in [0.25, 0.3) is 11.8 Å². The van der Waals surface area contributed by atoms with Crippen molar-refractivity contribution in [2.75, 3.05) is 18.4 Å². The fourth-order valence-electron chi connectivity index (χ4n) is 2.51. The predicted molar refractivity (Wildman–Crippen MR) is 95.0 cm³/mol. The smallest absolute Gasteiger partial charge is 0.272 e. The molecule has 0 saturated carbocycles. The Morgan fingerprint density at radius 2 is 1.69 bits per heavy atom. The molecule has 2 amide bonds. The van der Waals surface area contributed by atoms with E-state index in [1.807, 2.05) is 13.8 Å². The second kappa shape index (κ2) is 9.03. The summed E-state index contributed by atoms with van der Waals surface area (Å²) in [6.07, 6.45) is 2.94. The molecule has 0 aliphatic carbocycles. The zero-order chi connectivity index (χ0) is 19.1. The molecule has 0 atom stereocenters. The third-order valence-corrected chi connectivity index (χ3v) is 3.72. The van der Waals surface area contributed by atoms with E-state index in [-0.39, 0.29) is 17.2 Å². The molecule has 5 nitrogen and oxygen atoms in total. The lowest BCUT2D eigenvalue weighted by molar-refractivity contribution is 0.0749. The molecule has 0 aliphatic rings. The molecule has 1 aromatic heterocycles. The summed E-state index contributed by atoms with van der Waals surface area (Å²) in [4.78, 5) is 30.6. The van der Waals surface area contributed by atoms with E-state index in [2.05, 4.69) is 10.3 Å². The van der Waals surface area contributed by atoms with Crippen LogP contribution in [0.3, 0.4) is 0 Å². The molecule has 0 bridgehead atoms. The maximum absolute atomic E-state index is 13.7. The van der Waals surface area contributed by atoms with E-state index in [1.165, 1.54) is 24.4 Å². The average Bonchev–Trinajstić information content (AvgIpc) is 2.64. The fraction of sp³-hybridized carbons (Fsp3) is 0.316. The molecular weight excluding hydrogens is 340 g/mol. The van der Waals surface area contributed by atoms with Crippen molar-refractivity contribution in [2.24, 2.45) is 0 Å². The van der Waals surface area contributed by atoms with Crippen molar-refractivity contribution < 1.29 is 18.4 Å². The van der Waals surface area contributed by atoms with Crippen molar-refractivity contribution in [3.63, 3.8) is 0 Å². The topological polar surface area (TPSA) is 62.3 Å². The van der Waals surface area contributed by atoms with Crippen LogP contribution in [0.1, 0.15) is 47.5 Å². The number of carbonyl (C=O) groups is 2. The highest BCUT2D eigenvalue weighted by Gasteiger charge is 2.19. The van der Waals surface area contributed by atoms with Crippen LogP contribution in [0.4, 0.5) is 14.5 Å². The molecule has 1 aromatic carbocycles. The number of amides is 2. The number of para-hydroxylation sites is 1. The zero-order valence-corrected chi connectivity index (χ0v) is 14.8. The molecule has 0 fully saturated rings. The number of nitrogens with one attached hydrogen (secondary N) is 1. The number of carbonyl (C=O) groups excluding carboxylic acids is 2. The Hall–Kier alpha value is -2.83. The fourth-order valence-corrected chi connectivity index (χ4v) is 2.51. The molecular formula is C19H21F2N3O2. The predicted octanol–water partition coefficient (Wildman–Crippen LogP) is 3.87. The Morgan fingerprint density at radius 1 is 1.08 bits per heavy atom. The van der Waals surface area contributed by atoms with Crippen molar-refractivity contribution in [1.29, 1.82) is 0 Å². The first-order chi connectivity index (χ1) is 12.5. The Labute approximate surface area is 151 Å². The second-order valence-electron chi connectivity index (χ2n) is 5.77. The summed E-state index contributed by atoms with van der Waals surface area (Å²) >= 11 is 0. The average molecular weight is 361 g/mol. The van der Waals surface area contributed by atoms with Crippen molar-refractivity contribution in [1.82, 2.24) is 9.88 Å². The van der Waals surface area contributed by atoms with Gasteiger partial charge in [-0.25, -0.2) is 8.78 Å². The summed E-state index contributed by atoms with van der Waals surface area (Å²) in [6.45, 7) is 5.11. The summed E-state index contributed by atoms with van der Waals surface area (Å²) in [5.41, 5.74) is -0.312. The van der Waals surface area contributed by atoms with Crippen LogP contribution in [0.2, 0.25) is 0 Å². The van der Waals surface area contributed by atoms with Gasteiger partial charge in [-0.15, -0.1) is 0 Å². The van der Waals surface area contributed by atoms with Gasteiger partial charge in [0.2, 0.25) is 0 Å². The Bertz CT molecular complexity index is 770. The number of aromatic nitrogens is 1. The highest BCUT2D eigenvalue weighted by Crippen LogP contribution is 2.19. The van der Waals surface area contributed by atoms with Gasteiger partial charge in [0.15, 0.2) is 0 Å². The molecule has 1 N–H and O–H groups in total. The van der Waals surface area contributed by atoms with Gasteiger partial charge in [-0.2, -0.15) is 0 Å². The van der Waals surface area contributed by atoms with Gasteiger partial charge in [0.05, 0.1) is 0 Å². The standard InChI is InChI=1S/C19H21F2N3O2/c1-3-10-24(11-4-2)19(26)16-12-13(8-9-22-16)18(25)23-17-14(20)6-5-7-15(17)21/h5-9,12H,3-4,10-11H2,1-2H3,(H,23,25). The first-order valence-electron chi connectivity index (χ1n) is 8.48. The van der Waals surface area contributed by atoms with Gasteiger partial charge in [-0.1, -0.05) is 19.9 Å². The summed E-state index contributed by atoms with van der Waals surface area (Å²) < 4.78 is 27.4. The van der Waals surface area contributed by atoms with E-state index in [9.17, 15) is 18.4 Å². The molecule has 1 heterocycles. The highest BCUT2D eigenvalue weighted by atomic mass is 19.1. The van der Waals surface area contributed by atoms with Gasteiger partial charge in [-0.05, 0) is 37.1 Å². The summed E-state index contributed by atoms with van der Waals surface area (Å²) in [6, 6.07) is 6.02. The normalized spacial score (nSPS) is 10.5. The number of benzene rings is 1. The van der Waals surface area contributed by atoms with E-state index in [4.69, 9.17) is 0 Å². The van der Waals surface area contributed by atoms with Crippen LogP contribution < -0.4 is 5.32 Å². The van der Waals surface area contributed by atoms with Crippen LogP contribution in [-0.2, 0) is 0 Å². The third kappa shape index (κ3) is 4.62. The first-order valence-corrected chi connectivity index (χ1v) is 8.48. The molecule has 0 aliphatic heterocycles. The number of halogens is 2. The minimum Gasteiger partial charge on any atom is -0.337 e. The molecule has 0 unspecified atom stereocenters. The van der Waals surface area contributed by atoms with Crippen LogP contribution >= 0.6 is 0 Å². The quantitative estimate of drug-likeness (QED) is 0.814. The lowest BCUT2D eigenvalue weighted by Gasteiger charge is -2.21. The zero-order valence-electron chi connectivity index (χ0n) is 14.8. The molecule has 138 valence electrons. The number of hydrogen-bond donors (Lipinski definition) is 1. The van der Waals surface area contributed by atoms with Gasteiger partial charge in [0.1, 0.15) is 23.0 Å². The Balaban J connectivity index is 2.22. The number of pyridine rings is 1. The van der Waals surface area contributed by atoms with Crippen LogP contribution in [0.5, 0.6) is 0 Å². The largest absolute Gasteiger partial charge is 0.337 e. The van der Waals surface area contributed by atoms with Crippen molar-refractivity contribution in [2.45, 2.75) is 26.7 Å². The van der Waals surface area contributed by atoms with E-state index in [1.54, 1.807) is 4.90 Å². The van der Waals surface area contributed by atoms with E-state index >= 15 is 0 Å². The van der Waals surface area contributed by atoms with Crippen LogP contribution in [0.15, 0.2) is 36.5 Å². The van der Waals surface area contributed by atoms with Crippen molar-refractivity contribution in [3.8, 4) is 0 Å². The number of hydrogen-bond acceptors (Lipinski definition) is 3. The lowest BCUT2D eigenvalue weighted by atomic mass is 10.2. The van der Waals surface area contributed by atoms with Crippen molar-refractivity contribution in [3.05, 3.63) is 59.4 Å². The van der Waals surface area contributed by atoms with E-state index in [0.29, 0.717) is 13.1 Å². The molecule has 0 radical (unpaired) electrons. The van der Waals surface area contributed by atoms with Gasteiger partial charge in [0, 0.05) is 24.8 Å². The van der Waals surface area contributed by atoms with Gasteiger partial charge < -0.3 is 10.2 Å². The molecule has 7 heteroatoms. The number of anilines is 1. The monoisotopic (exact) mass is 361 g/mol. The SMILES string of the molecule is CCCN(CCC)C(=O)c1cc(C(=O)Nc2c(F)cccc2F)ccn1. The van der Waals surface area contributed by atoms with Crippen LogP contribution in [-0.4, -0.2) is 34.8 Å². The maximum atomic E-state index is 13.7. The van der Waals surface area contributed by atoms with Crippen LogP contribution in [0, 0.1) is 11.6 Å². The molecule has 0 saturated heterocycles. The van der Waals surface area contributed by atoms with Gasteiger partial charge in [-0.3, -0.25) is 14.6 Å². The highest BCUT2D eigenvalue weighted by molar-refractivity contribution is 6.05. The second-order valence-corrected chi connectivity index (χ2v) is 5.77. The van der Waals surface area contributed by atoms with E-state index < -0.39 is 23.2 Å². The number of rotatable bonds is 7. The lowest BCUT2D eigenvalue weighted by Crippen LogP contribution is -2.33. The Morgan fingerprint density at radius 3 is 2.27 bits per heavy atom. The van der Waals surface area contributed by atoms with Crippen molar-refractivity contribution >= 4 is 17.5 Å². The molecule has 2 aromatic rings. The molecule has 0 spiro atoms. The third-order valence-electron chi connectivity index (χ3n) is 3.72. The van der Waals surface area contributed by atoms with Gasteiger partial charge >= 0.3 is 0 Å². The summed E-state index contributed by atoms with van der Waals surface area (Å²) in [7, 11) is 0. The van der Waals surface area contributed by atoms with Crippen LogP contribution in [0.25, 0.3) is 0 Å². The minimum absolute atomic E-state index is 0.0963. The Kier molecular flexibility index (Phi) is 6.77.